The summed E-state index contributed by atoms with van der Waals surface area (Å²) < 4.78 is 16.0. The third-order valence-corrected chi connectivity index (χ3v) is 5.48. The Hall–Kier alpha value is -3.33. The number of fused-ring (bicyclic) bond motifs is 1. The fraction of sp³-hybridized carbons (Fsp3) is 0.417. The van der Waals surface area contributed by atoms with Crippen LogP contribution in [-0.2, 0) is 10.2 Å². The van der Waals surface area contributed by atoms with E-state index in [1.54, 1.807) is 18.2 Å². The Labute approximate surface area is 203 Å². The molecule has 0 fully saturated rings. The summed E-state index contributed by atoms with van der Waals surface area (Å²) in [5.41, 5.74) is 3.25. The first-order valence-corrected chi connectivity index (χ1v) is 11.1. The maximum atomic E-state index is 12.1. The van der Waals surface area contributed by atoms with E-state index >= 15 is 0 Å². The number of halogens is 1. The van der Waals surface area contributed by atoms with Gasteiger partial charge < -0.3 is 14.2 Å². The van der Waals surface area contributed by atoms with Gasteiger partial charge >= 0.3 is 5.69 Å². The molecule has 0 atom stereocenters. The van der Waals surface area contributed by atoms with Crippen LogP contribution in [0.15, 0.2) is 35.4 Å². The summed E-state index contributed by atoms with van der Waals surface area (Å²) in [5, 5.41) is 15.9. The van der Waals surface area contributed by atoms with Crippen LogP contribution in [0.2, 0.25) is 5.02 Å². The zero-order valence-corrected chi connectivity index (χ0v) is 20.6. The lowest BCUT2D eigenvalue weighted by atomic mass is 9.72. The highest BCUT2D eigenvalue weighted by Crippen LogP contribution is 2.39. The van der Waals surface area contributed by atoms with Crippen LogP contribution < -0.4 is 19.6 Å². The molecule has 0 aliphatic carbocycles. The maximum Gasteiger partial charge on any atom is 0.311 e. The number of hydrazone groups is 1. The molecule has 0 unspecified atom stereocenters. The predicted octanol–water partition coefficient (Wildman–Crippen LogP) is 5.22. The van der Waals surface area contributed by atoms with Crippen molar-refractivity contribution in [1.82, 2.24) is 5.43 Å². The third-order valence-electron chi connectivity index (χ3n) is 5.15. The number of rotatable bonds is 8. The summed E-state index contributed by atoms with van der Waals surface area (Å²) in [6.07, 6.45) is 2.20. The van der Waals surface area contributed by atoms with Crippen molar-refractivity contribution in [3.63, 3.8) is 0 Å². The largest absolute Gasteiger partial charge is 0.477 e. The fourth-order valence-corrected chi connectivity index (χ4v) is 4.21. The number of benzene rings is 2. The average molecular weight is 490 g/mol. The number of nitro benzene ring substituents is 1. The second-order valence-electron chi connectivity index (χ2n) is 9.87. The molecule has 3 rings (SSSR count). The first-order valence-electron chi connectivity index (χ1n) is 10.7. The van der Waals surface area contributed by atoms with Gasteiger partial charge in [0.1, 0.15) is 0 Å². The molecule has 0 bridgehead atoms. The smallest absolute Gasteiger partial charge is 0.311 e. The molecule has 1 N–H and O–H groups in total. The fourth-order valence-electron chi connectivity index (χ4n) is 4.01. The molecule has 0 aromatic heterocycles. The van der Waals surface area contributed by atoms with Crippen molar-refractivity contribution in [1.29, 1.82) is 0 Å². The van der Waals surface area contributed by atoms with Crippen molar-refractivity contribution >= 4 is 29.4 Å². The van der Waals surface area contributed by atoms with Crippen molar-refractivity contribution in [2.75, 3.05) is 13.4 Å². The maximum absolute atomic E-state index is 12.1. The Morgan fingerprint density at radius 3 is 2.53 bits per heavy atom. The molecule has 10 heteroatoms. The third kappa shape index (κ3) is 6.38. The number of carbonyl (C=O) groups excluding carboxylic acids is 1. The molecule has 34 heavy (non-hydrogen) atoms. The Balaban J connectivity index is 1.64. The van der Waals surface area contributed by atoms with Crippen LogP contribution in [0.3, 0.4) is 0 Å². The van der Waals surface area contributed by atoms with Crippen LogP contribution in [0.5, 0.6) is 17.2 Å². The molecular formula is C24H28ClN3O6. The van der Waals surface area contributed by atoms with Gasteiger partial charge in [0.2, 0.25) is 6.79 Å². The molecule has 0 radical (unpaired) electrons. The standard InChI is InChI=1S/C24H28ClN3O6/c1-23(2,3)13-24(4,5)16-6-7-19(18(9-16)28(30)31)32-12-22(29)27-26-11-15-8-20-21(10-17(15)25)34-14-33-20/h6-11H,12-14H2,1-5H3,(H,27,29). The summed E-state index contributed by atoms with van der Waals surface area (Å²) in [4.78, 5) is 23.3. The van der Waals surface area contributed by atoms with Gasteiger partial charge in [0.05, 0.1) is 16.2 Å². The second-order valence-corrected chi connectivity index (χ2v) is 10.3. The SMILES string of the molecule is CC(C)(C)CC(C)(C)c1ccc(OCC(=O)NN=Cc2cc3c(cc2Cl)OCO3)c([N+](=O)[O-])c1. The highest BCUT2D eigenvalue weighted by molar-refractivity contribution is 6.33. The topological polar surface area (TPSA) is 112 Å². The van der Waals surface area contributed by atoms with Crippen molar-refractivity contribution in [3.05, 3.63) is 56.6 Å². The lowest BCUT2D eigenvalue weighted by Gasteiger charge is -2.33. The van der Waals surface area contributed by atoms with Gasteiger partial charge in [0, 0.05) is 17.7 Å². The molecule has 1 aliphatic heterocycles. The minimum Gasteiger partial charge on any atom is -0.477 e. The molecule has 0 saturated carbocycles. The zero-order chi connectivity index (χ0) is 25.1. The van der Waals surface area contributed by atoms with E-state index in [4.69, 9.17) is 25.8 Å². The summed E-state index contributed by atoms with van der Waals surface area (Å²) in [6, 6.07) is 8.08. The van der Waals surface area contributed by atoms with Crippen LogP contribution in [-0.4, -0.2) is 30.4 Å². The van der Waals surface area contributed by atoms with Gasteiger partial charge in [-0.1, -0.05) is 52.3 Å². The lowest BCUT2D eigenvalue weighted by molar-refractivity contribution is -0.385. The number of carbonyl (C=O) groups is 1. The van der Waals surface area contributed by atoms with Gasteiger partial charge in [-0.25, -0.2) is 5.43 Å². The summed E-state index contributed by atoms with van der Waals surface area (Å²) in [6.45, 7) is 10.2. The quantitative estimate of drug-likeness (QED) is 0.309. The van der Waals surface area contributed by atoms with Crippen LogP contribution in [0, 0.1) is 15.5 Å². The van der Waals surface area contributed by atoms with E-state index in [1.165, 1.54) is 18.3 Å². The van der Waals surface area contributed by atoms with Crippen molar-refractivity contribution in [2.24, 2.45) is 10.5 Å². The van der Waals surface area contributed by atoms with Gasteiger partial charge in [0.25, 0.3) is 5.91 Å². The molecule has 2 aromatic rings. The Morgan fingerprint density at radius 1 is 1.21 bits per heavy atom. The van der Waals surface area contributed by atoms with Crippen molar-refractivity contribution in [3.8, 4) is 17.2 Å². The summed E-state index contributed by atoms with van der Waals surface area (Å²) >= 11 is 6.16. The highest BCUT2D eigenvalue weighted by atomic mass is 35.5. The van der Waals surface area contributed by atoms with E-state index in [0.29, 0.717) is 22.1 Å². The highest BCUT2D eigenvalue weighted by Gasteiger charge is 2.30. The molecule has 182 valence electrons. The molecule has 1 heterocycles. The van der Waals surface area contributed by atoms with Gasteiger partial charge in [-0.05, 0) is 34.9 Å². The zero-order valence-electron chi connectivity index (χ0n) is 19.8. The number of hydrogen-bond donors (Lipinski definition) is 1. The number of nitrogens with one attached hydrogen (secondary N) is 1. The number of hydrogen-bond acceptors (Lipinski definition) is 7. The second kappa shape index (κ2) is 9.89. The first-order chi connectivity index (χ1) is 15.9. The molecule has 1 amide bonds. The number of ether oxygens (including phenoxy) is 3. The summed E-state index contributed by atoms with van der Waals surface area (Å²) in [5.74, 6) is 0.494. The molecular weight excluding hydrogens is 462 g/mol. The minimum absolute atomic E-state index is 0.0123. The van der Waals surface area contributed by atoms with Gasteiger partial charge in [-0.15, -0.1) is 0 Å². The number of amides is 1. The van der Waals surface area contributed by atoms with Gasteiger partial charge in [-0.3, -0.25) is 14.9 Å². The van der Waals surface area contributed by atoms with Crippen LogP contribution in [0.4, 0.5) is 5.69 Å². The molecule has 9 nitrogen and oxygen atoms in total. The number of nitro groups is 1. The average Bonchev–Trinajstić information content (AvgIpc) is 3.17. The summed E-state index contributed by atoms with van der Waals surface area (Å²) in [7, 11) is 0. The van der Waals surface area contributed by atoms with E-state index in [0.717, 1.165) is 12.0 Å². The minimum atomic E-state index is -0.584. The Bertz CT molecular complexity index is 1120. The number of nitrogens with zero attached hydrogens (tertiary/aromatic N) is 2. The van der Waals surface area contributed by atoms with Crippen LogP contribution >= 0.6 is 11.6 Å². The normalized spacial score (nSPS) is 13.2. The van der Waals surface area contributed by atoms with E-state index < -0.39 is 17.4 Å². The predicted molar refractivity (Wildman–Crippen MR) is 129 cm³/mol. The lowest BCUT2D eigenvalue weighted by Crippen LogP contribution is -2.26. The molecule has 2 aromatic carbocycles. The van der Waals surface area contributed by atoms with Crippen LogP contribution in [0.25, 0.3) is 0 Å². The van der Waals surface area contributed by atoms with Gasteiger partial charge in [-0.2, -0.15) is 5.10 Å². The van der Waals surface area contributed by atoms with E-state index in [1.807, 2.05) is 0 Å². The Kier molecular flexibility index (Phi) is 7.35. The van der Waals surface area contributed by atoms with Crippen LogP contribution in [0.1, 0.15) is 52.2 Å². The van der Waals surface area contributed by atoms with E-state index in [2.05, 4.69) is 45.1 Å². The molecule has 0 saturated heterocycles. The van der Waals surface area contributed by atoms with Crippen molar-refractivity contribution < 1.29 is 23.9 Å². The van der Waals surface area contributed by atoms with Gasteiger partial charge in [0.15, 0.2) is 23.9 Å². The van der Waals surface area contributed by atoms with Crippen molar-refractivity contribution in [2.45, 2.75) is 46.5 Å². The molecule has 1 aliphatic rings. The molecule has 0 spiro atoms. The first kappa shape index (κ1) is 25.3. The van der Waals surface area contributed by atoms with E-state index in [9.17, 15) is 14.9 Å². The van der Waals surface area contributed by atoms with E-state index in [-0.39, 0.29) is 29.1 Å². The Morgan fingerprint density at radius 2 is 1.88 bits per heavy atom. The monoisotopic (exact) mass is 489 g/mol.